The zero-order valence-electron chi connectivity index (χ0n) is 25.3. The van der Waals surface area contributed by atoms with Crippen LogP contribution in [0.15, 0.2) is 81.5 Å². The van der Waals surface area contributed by atoms with Gasteiger partial charge in [0.15, 0.2) is 16.7 Å². The molecule has 0 spiro atoms. The summed E-state index contributed by atoms with van der Waals surface area (Å²) in [5, 5.41) is 8.19. The Balaban J connectivity index is 1.17. The number of para-hydroxylation sites is 1. The SMILES string of the molecule is CN(C)CCNS(=O)(=O)N1CCC(C)(c2csc(Nc3ncc(Sc4ccnc5ccsc45)cc3Oc3ccccc3)n2)CC1. The third-order valence-corrected chi connectivity index (χ3v) is 12.1. The van der Waals surface area contributed by atoms with Crippen LogP contribution >= 0.6 is 34.4 Å². The van der Waals surface area contributed by atoms with Crippen molar-refractivity contribution in [1.82, 2.24) is 28.9 Å². The normalized spacial score (nSPS) is 15.5. The number of pyridine rings is 2. The maximum Gasteiger partial charge on any atom is 0.279 e. The number of benzene rings is 1. The van der Waals surface area contributed by atoms with E-state index in [0.29, 0.717) is 61.5 Å². The van der Waals surface area contributed by atoms with Crippen molar-refractivity contribution < 1.29 is 13.2 Å². The highest BCUT2D eigenvalue weighted by Crippen LogP contribution is 2.41. The van der Waals surface area contributed by atoms with Crippen molar-refractivity contribution in [1.29, 1.82) is 0 Å². The van der Waals surface area contributed by atoms with E-state index in [-0.39, 0.29) is 5.41 Å². The van der Waals surface area contributed by atoms with Crippen LogP contribution in [0.1, 0.15) is 25.5 Å². The molecular formula is C31H35N7O3S4. The highest BCUT2D eigenvalue weighted by atomic mass is 32.2. The van der Waals surface area contributed by atoms with Crippen molar-refractivity contribution in [2.75, 3.05) is 45.6 Å². The molecule has 0 unspecified atom stereocenters. The van der Waals surface area contributed by atoms with Crippen LogP contribution in [0.4, 0.5) is 10.9 Å². The maximum absolute atomic E-state index is 12.8. The molecule has 1 saturated heterocycles. The van der Waals surface area contributed by atoms with E-state index in [1.807, 2.05) is 79.9 Å². The molecule has 4 aromatic heterocycles. The third-order valence-electron chi connectivity index (χ3n) is 7.69. The summed E-state index contributed by atoms with van der Waals surface area (Å²) in [6.45, 7) is 4.08. The Bertz CT molecular complexity index is 1850. The van der Waals surface area contributed by atoms with E-state index in [4.69, 9.17) is 14.7 Å². The molecule has 14 heteroatoms. The lowest BCUT2D eigenvalue weighted by Crippen LogP contribution is -2.49. The average Bonchev–Trinajstić information content (AvgIpc) is 3.70. The first-order valence-corrected chi connectivity index (χ1v) is 18.6. The van der Waals surface area contributed by atoms with Crippen molar-refractivity contribution in [3.63, 3.8) is 0 Å². The minimum Gasteiger partial charge on any atom is -0.453 e. The highest BCUT2D eigenvalue weighted by Gasteiger charge is 2.37. The van der Waals surface area contributed by atoms with Gasteiger partial charge < -0.3 is 15.0 Å². The van der Waals surface area contributed by atoms with Gasteiger partial charge in [-0.3, -0.25) is 4.98 Å². The Morgan fingerprint density at radius 1 is 1.09 bits per heavy atom. The number of likely N-dealkylation sites (N-methyl/N-ethyl adjacent to an activating group) is 1. The molecule has 5 aromatic rings. The smallest absolute Gasteiger partial charge is 0.279 e. The number of rotatable bonds is 12. The van der Waals surface area contributed by atoms with Crippen LogP contribution in [0.2, 0.25) is 0 Å². The Morgan fingerprint density at radius 2 is 1.89 bits per heavy atom. The van der Waals surface area contributed by atoms with E-state index in [2.05, 4.69) is 32.7 Å². The Morgan fingerprint density at radius 3 is 2.67 bits per heavy atom. The third kappa shape index (κ3) is 7.65. The van der Waals surface area contributed by atoms with Crippen LogP contribution in [0.5, 0.6) is 11.5 Å². The van der Waals surface area contributed by atoms with E-state index in [0.717, 1.165) is 25.7 Å². The molecule has 0 aliphatic carbocycles. The van der Waals surface area contributed by atoms with Crippen LogP contribution in [0.3, 0.4) is 0 Å². The van der Waals surface area contributed by atoms with Crippen molar-refractivity contribution in [2.24, 2.45) is 0 Å². The number of anilines is 2. The molecule has 2 N–H and O–H groups in total. The van der Waals surface area contributed by atoms with Crippen molar-refractivity contribution in [2.45, 2.75) is 35.0 Å². The summed E-state index contributed by atoms with van der Waals surface area (Å²) >= 11 is 4.80. The zero-order chi connectivity index (χ0) is 31.4. The predicted molar refractivity (Wildman–Crippen MR) is 184 cm³/mol. The lowest BCUT2D eigenvalue weighted by atomic mass is 9.79. The average molecular weight is 682 g/mol. The number of ether oxygens (including phenoxy) is 1. The molecule has 1 aliphatic heterocycles. The molecule has 0 radical (unpaired) electrons. The number of thiazole rings is 1. The van der Waals surface area contributed by atoms with Crippen molar-refractivity contribution in [3.05, 3.63) is 77.4 Å². The van der Waals surface area contributed by atoms with Gasteiger partial charge in [0.05, 0.1) is 15.9 Å². The fourth-order valence-corrected chi connectivity index (χ4v) is 8.94. The standard InChI is InChI=1S/C31H35N7O3S4/c1-31(11-15-38(16-12-31)45(39,40)34-14-17-37(2)3)27-21-43-30(35-27)36-29-25(41-22-7-5-4-6-8-22)19-23(20-33-29)44-26-9-13-32-24-10-18-42-28(24)26/h4-10,13,18-21,34H,11-12,14-17H2,1-3H3,(H,33,35,36). The highest BCUT2D eigenvalue weighted by molar-refractivity contribution is 7.99. The van der Waals surface area contributed by atoms with E-state index >= 15 is 0 Å². The number of nitrogens with one attached hydrogen (secondary N) is 2. The molecule has 1 fully saturated rings. The number of nitrogens with zero attached hydrogens (tertiary/aromatic N) is 5. The number of thiophene rings is 1. The molecule has 45 heavy (non-hydrogen) atoms. The molecule has 0 atom stereocenters. The van der Waals surface area contributed by atoms with Crippen LogP contribution in [0.25, 0.3) is 10.2 Å². The van der Waals surface area contributed by atoms with Gasteiger partial charge in [-0.1, -0.05) is 36.9 Å². The predicted octanol–water partition coefficient (Wildman–Crippen LogP) is 6.58. The van der Waals surface area contributed by atoms with Gasteiger partial charge in [0.1, 0.15) is 5.75 Å². The Kier molecular flexibility index (Phi) is 9.71. The first-order chi connectivity index (χ1) is 21.7. The summed E-state index contributed by atoms with van der Waals surface area (Å²) in [4.78, 5) is 18.2. The second-order valence-corrected chi connectivity index (χ2v) is 15.9. The summed E-state index contributed by atoms with van der Waals surface area (Å²) in [5.74, 6) is 1.86. The fourth-order valence-electron chi connectivity index (χ4n) is 5.00. The van der Waals surface area contributed by atoms with Crippen molar-refractivity contribution in [3.8, 4) is 11.5 Å². The zero-order valence-corrected chi connectivity index (χ0v) is 28.5. The van der Waals surface area contributed by atoms with Crippen LogP contribution < -0.4 is 14.8 Å². The molecule has 1 aromatic carbocycles. The van der Waals surface area contributed by atoms with Gasteiger partial charge in [-0.25, -0.2) is 14.7 Å². The van der Waals surface area contributed by atoms with Crippen molar-refractivity contribution >= 4 is 65.8 Å². The number of aromatic nitrogens is 3. The Hall–Kier alpha value is -3.11. The summed E-state index contributed by atoms with van der Waals surface area (Å²) in [7, 11) is 0.334. The minimum atomic E-state index is -3.51. The van der Waals surface area contributed by atoms with E-state index in [9.17, 15) is 8.42 Å². The molecule has 0 saturated carbocycles. The molecule has 0 bridgehead atoms. The molecule has 6 rings (SSSR count). The van der Waals surface area contributed by atoms with Crippen LogP contribution in [0, 0.1) is 0 Å². The van der Waals surface area contributed by atoms with Gasteiger partial charge in [-0.2, -0.15) is 12.7 Å². The molecule has 236 valence electrons. The summed E-state index contributed by atoms with van der Waals surface area (Å²) in [5.41, 5.74) is 1.69. The lowest BCUT2D eigenvalue weighted by molar-refractivity contribution is 0.243. The van der Waals surface area contributed by atoms with Gasteiger partial charge in [0.25, 0.3) is 10.2 Å². The number of hydrogen-bond acceptors (Lipinski definition) is 11. The summed E-state index contributed by atoms with van der Waals surface area (Å²) in [6, 6.07) is 15.7. The van der Waals surface area contributed by atoms with Crippen LogP contribution in [-0.4, -0.2) is 72.8 Å². The Labute approximate surface area is 276 Å². The van der Waals surface area contributed by atoms with E-state index in [1.54, 1.807) is 27.4 Å². The maximum atomic E-state index is 12.8. The number of fused-ring (bicyclic) bond motifs is 1. The second-order valence-electron chi connectivity index (χ2n) is 11.3. The monoisotopic (exact) mass is 681 g/mol. The topological polar surface area (TPSA) is 113 Å². The minimum absolute atomic E-state index is 0.235. The largest absolute Gasteiger partial charge is 0.453 e. The second kappa shape index (κ2) is 13.7. The van der Waals surface area contributed by atoms with Gasteiger partial charge in [0.2, 0.25) is 0 Å². The van der Waals surface area contributed by atoms with Crippen LogP contribution in [-0.2, 0) is 15.6 Å². The first kappa shape index (κ1) is 31.9. The number of piperidine rings is 1. The van der Waals surface area contributed by atoms with Gasteiger partial charge in [0, 0.05) is 65.2 Å². The molecule has 0 amide bonds. The molecule has 10 nitrogen and oxygen atoms in total. The van der Waals surface area contributed by atoms with E-state index in [1.165, 1.54) is 11.3 Å². The summed E-state index contributed by atoms with van der Waals surface area (Å²) < 4.78 is 37.3. The van der Waals surface area contributed by atoms with E-state index < -0.39 is 10.2 Å². The van der Waals surface area contributed by atoms with Gasteiger partial charge in [-0.05, 0) is 56.6 Å². The first-order valence-electron chi connectivity index (χ1n) is 14.5. The van der Waals surface area contributed by atoms with Gasteiger partial charge in [-0.15, -0.1) is 22.7 Å². The fraction of sp³-hybridized carbons (Fsp3) is 0.323. The quantitative estimate of drug-likeness (QED) is 0.151. The van der Waals surface area contributed by atoms with Gasteiger partial charge >= 0.3 is 0 Å². The number of hydrogen-bond donors (Lipinski definition) is 2. The molecular weight excluding hydrogens is 647 g/mol. The summed E-state index contributed by atoms with van der Waals surface area (Å²) in [6.07, 6.45) is 5.03. The molecule has 1 aliphatic rings. The molecule has 5 heterocycles. The lowest BCUT2D eigenvalue weighted by Gasteiger charge is -2.37.